The highest BCUT2D eigenvalue weighted by Gasteiger charge is 2.36. The molecule has 2 amide bonds. The van der Waals surface area contributed by atoms with Crippen LogP contribution >= 0.6 is 11.8 Å². The van der Waals surface area contributed by atoms with Crippen LogP contribution < -0.4 is 5.32 Å². The highest BCUT2D eigenvalue weighted by atomic mass is 32.2. The molecule has 1 heterocycles. The van der Waals surface area contributed by atoms with Crippen molar-refractivity contribution < 1.29 is 14.3 Å². The molecule has 3 rings (SSSR count). The lowest BCUT2D eigenvalue weighted by Crippen LogP contribution is -2.38. The number of methoxy groups -OCH3 is 1. The van der Waals surface area contributed by atoms with Crippen LogP contribution in [-0.4, -0.2) is 43.0 Å². The minimum Gasteiger partial charge on any atom is -0.383 e. The highest BCUT2D eigenvalue weighted by Crippen LogP contribution is 2.33. The number of carbonyl (C=O) groups excluding carboxylic acids is 2. The fraction of sp³-hybridized carbons (Fsp3) is 0.333. The van der Waals surface area contributed by atoms with E-state index in [1.165, 1.54) is 0 Å². The van der Waals surface area contributed by atoms with Crippen molar-refractivity contribution >= 4 is 29.3 Å². The standard InChI is InChI=1S/C21H24N2O3S/c1-15(14-26-2)23-13-16(12-20(23)24)21(25)22-18-10-6-7-11-19(18)27-17-8-4-3-5-9-17/h3-11,15-16H,12-14H2,1-2H3,(H,22,25)/t15-,16-/m1/s1. The van der Waals surface area contributed by atoms with Gasteiger partial charge >= 0.3 is 0 Å². The molecule has 0 aromatic heterocycles. The molecule has 142 valence electrons. The first-order valence-corrected chi connectivity index (χ1v) is 9.81. The second-order valence-electron chi connectivity index (χ2n) is 6.65. The van der Waals surface area contributed by atoms with E-state index in [0.29, 0.717) is 13.2 Å². The van der Waals surface area contributed by atoms with Crippen molar-refractivity contribution in [2.24, 2.45) is 5.92 Å². The lowest BCUT2D eigenvalue weighted by Gasteiger charge is -2.24. The van der Waals surface area contributed by atoms with Gasteiger partial charge in [0.15, 0.2) is 0 Å². The molecule has 1 aliphatic rings. The molecule has 5 nitrogen and oxygen atoms in total. The Kier molecular flexibility index (Phi) is 6.53. The molecule has 0 bridgehead atoms. The van der Waals surface area contributed by atoms with E-state index in [4.69, 9.17) is 4.74 Å². The Bertz CT molecular complexity index is 797. The van der Waals surface area contributed by atoms with Crippen molar-refractivity contribution in [1.29, 1.82) is 0 Å². The van der Waals surface area contributed by atoms with Gasteiger partial charge in [-0.25, -0.2) is 0 Å². The number of likely N-dealkylation sites (tertiary alicyclic amines) is 1. The van der Waals surface area contributed by atoms with Crippen molar-refractivity contribution in [3.8, 4) is 0 Å². The smallest absolute Gasteiger partial charge is 0.229 e. The Morgan fingerprint density at radius 1 is 1.22 bits per heavy atom. The van der Waals surface area contributed by atoms with E-state index in [-0.39, 0.29) is 30.2 Å². The summed E-state index contributed by atoms with van der Waals surface area (Å²) in [6, 6.07) is 17.7. The molecule has 27 heavy (non-hydrogen) atoms. The van der Waals surface area contributed by atoms with Crippen molar-refractivity contribution in [1.82, 2.24) is 4.90 Å². The third-order valence-electron chi connectivity index (χ3n) is 4.59. The summed E-state index contributed by atoms with van der Waals surface area (Å²) in [4.78, 5) is 28.8. The van der Waals surface area contributed by atoms with Crippen LogP contribution in [0.4, 0.5) is 5.69 Å². The maximum atomic E-state index is 12.8. The largest absolute Gasteiger partial charge is 0.383 e. The van der Waals surface area contributed by atoms with Gasteiger partial charge in [0.05, 0.1) is 24.3 Å². The zero-order valence-corrected chi connectivity index (χ0v) is 16.4. The Morgan fingerprint density at radius 2 is 1.93 bits per heavy atom. The molecular weight excluding hydrogens is 360 g/mol. The first-order chi connectivity index (χ1) is 13.1. The lowest BCUT2D eigenvalue weighted by molar-refractivity contribution is -0.130. The van der Waals surface area contributed by atoms with Crippen LogP contribution in [0.1, 0.15) is 13.3 Å². The number of rotatable bonds is 7. The van der Waals surface area contributed by atoms with E-state index in [9.17, 15) is 9.59 Å². The predicted octanol–water partition coefficient (Wildman–Crippen LogP) is 3.66. The molecule has 6 heteroatoms. The molecule has 2 aromatic rings. The number of anilines is 1. The highest BCUT2D eigenvalue weighted by molar-refractivity contribution is 7.99. The first-order valence-electron chi connectivity index (χ1n) is 8.99. The van der Waals surface area contributed by atoms with Gasteiger partial charge in [-0.3, -0.25) is 9.59 Å². The SMILES string of the molecule is COC[C@@H](C)N1C[C@H](C(=O)Nc2ccccc2Sc2ccccc2)CC1=O. The number of ether oxygens (including phenoxy) is 1. The average Bonchev–Trinajstić information content (AvgIpc) is 3.06. The maximum absolute atomic E-state index is 12.8. The number of amides is 2. The van der Waals surface area contributed by atoms with Gasteiger partial charge in [-0.05, 0) is 31.2 Å². The third-order valence-corrected chi connectivity index (χ3v) is 5.67. The summed E-state index contributed by atoms with van der Waals surface area (Å²) in [6.07, 6.45) is 0.244. The van der Waals surface area contributed by atoms with Crippen LogP contribution in [-0.2, 0) is 14.3 Å². The van der Waals surface area contributed by atoms with E-state index in [0.717, 1.165) is 15.5 Å². The van der Waals surface area contributed by atoms with Gasteiger partial charge in [0.1, 0.15) is 0 Å². The zero-order valence-electron chi connectivity index (χ0n) is 15.6. The Hall–Kier alpha value is -2.31. The molecule has 2 atom stereocenters. The number of hydrogen-bond acceptors (Lipinski definition) is 4. The molecule has 0 radical (unpaired) electrons. The van der Waals surface area contributed by atoms with Gasteiger partial charge < -0.3 is 15.0 Å². The minimum atomic E-state index is -0.341. The van der Waals surface area contributed by atoms with Crippen LogP contribution in [0.3, 0.4) is 0 Å². The summed E-state index contributed by atoms with van der Waals surface area (Å²) >= 11 is 1.60. The van der Waals surface area contributed by atoms with E-state index >= 15 is 0 Å². The summed E-state index contributed by atoms with van der Waals surface area (Å²) < 4.78 is 5.13. The molecule has 1 aliphatic heterocycles. The van der Waals surface area contributed by atoms with E-state index in [1.54, 1.807) is 23.8 Å². The van der Waals surface area contributed by atoms with Crippen LogP contribution in [0.25, 0.3) is 0 Å². The molecular formula is C21H24N2O3S. The minimum absolute atomic E-state index is 0.00615. The quantitative estimate of drug-likeness (QED) is 0.791. The normalized spacial score (nSPS) is 17.8. The van der Waals surface area contributed by atoms with Crippen LogP contribution in [0, 0.1) is 5.92 Å². The van der Waals surface area contributed by atoms with Gasteiger partial charge in [-0.15, -0.1) is 0 Å². The van der Waals surface area contributed by atoms with E-state index in [2.05, 4.69) is 5.32 Å². The Labute approximate surface area is 164 Å². The third kappa shape index (κ3) is 4.90. The summed E-state index contributed by atoms with van der Waals surface area (Å²) in [7, 11) is 1.61. The molecule has 2 aromatic carbocycles. The van der Waals surface area contributed by atoms with Gasteiger partial charge in [0.2, 0.25) is 11.8 Å². The monoisotopic (exact) mass is 384 g/mol. The van der Waals surface area contributed by atoms with E-state index < -0.39 is 0 Å². The Balaban J connectivity index is 1.67. The fourth-order valence-corrected chi connectivity index (χ4v) is 4.10. The Morgan fingerprint density at radius 3 is 2.67 bits per heavy atom. The molecule has 1 fully saturated rings. The lowest BCUT2D eigenvalue weighted by atomic mass is 10.1. The molecule has 0 aliphatic carbocycles. The first kappa shape index (κ1) is 19.5. The molecule has 1 saturated heterocycles. The van der Waals surface area contributed by atoms with Gasteiger partial charge in [0, 0.05) is 29.9 Å². The topological polar surface area (TPSA) is 58.6 Å². The predicted molar refractivity (Wildman–Crippen MR) is 107 cm³/mol. The van der Waals surface area contributed by atoms with Crippen LogP contribution in [0.15, 0.2) is 64.4 Å². The number of hydrogen-bond donors (Lipinski definition) is 1. The summed E-state index contributed by atoms with van der Waals surface area (Å²) in [6.45, 7) is 2.84. The second kappa shape index (κ2) is 9.06. The summed E-state index contributed by atoms with van der Waals surface area (Å²) in [5.74, 6) is -0.449. The van der Waals surface area contributed by atoms with Gasteiger partial charge in [-0.2, -0.15) is 0 Å². The van der Waals surface area contributed by atoms with Gasteiger partial charge in [-0.1, -0.05) is 42.1 Å². The molecule has 0 unspecified atom stereocenters. The van der Waals surface area contributed by atoms with Crippen molar-refractivity contribution in [3.05, 3.63) is 54.6 Å². The number of nitrogens with zero attached hydrogens (tertiary/aromatic N) is 1. The van der Waals surface area contributed by atoms with Crippen LogP contribution in [0.5, 0.6) is 0 Å². The van der Waals surface area contributed by atoms with Crippen LogP contribution in [0.2, 0.25) is 0 Å². The number of benzene rings is 2. The number of para-hydroxylation sites is 1. The summed E-state index contributed by atoms with van der Waals surface area (Å²) in [5.41, 5.74) is 0.771. The van der Waals surface area contributed by atoms with Gasteiger partial charge in [0.25, 0.3) is 0 Å². The fourth-order valence-electron chi connectivity index (χ4n) is 3.17. The average molecular weight is 385 g/mol. The van der Waals surface area contributed by atoms with Crippen molar-refractivity contribution in [3.63, 3.8) is 0 Å². The second-order valence-corrected chi connectivity index (χ2v) is 7.77. The molecule has 1 N–H and O–H groups in total. The number of carbonyl (C=O) groups is 2. The van der Waals surface area contributed by atoms with E-state index in [1.807, 2.05) is 61.5 Å². The van der Waals surface area contributed by atoms with Crippen molar-refractivity contribution in [2.45, 2.75) is 29.2 Å². The maximum Gasteiger partial charge on any atom is 0.229 e. The number of nitrogens with one attached hydrogen (secondary N) is 1. The van der Waals surface area contributed by atoms with Crippen molar-refractivity contribution in [2.75, 3.05) is 25.6 Å². The zero-order chi connectivity index (χ0) is 19.2. The molecule has 0 spiro atoms. The molecule has 0 saturated carbocycles. The summed E-state index contributed by atoms with van der Waals surface area (Å²) in [5, 5.41) is 3.01.